The van der Waals surface area contributed by atoms with E-state index in [0.29, 0.717) is 18.1 Å². The summed E-state index contributed by atoms with van der Waals surface area (Å²) in [5.41, 5.74) is 0.961. The average Bonchev–Trinajstić information content (AvgIpc) is 3.09. The second-order valence-electron chi connectivity index (χ2n) is 8.28. The molecule has 1 amide bonds. The minimum absolute atomic E-state index is 0.159. The zero-order valence-electron chi connectivity index (χ0n) is 17.1. The van der Waals surface area contributed by atoms with Gasteiger partial charge >= 0.3 is 5.97 Å². The summed E-state index contributed by atoms with van der Waals surface area (Å²) < 4.78 is 11.8. The molecule has 29 heavy (non-hydrogen) atoms. The molecule has 3 aliphatic rings. The van der Waals surface area contributed by atoms with Crippen LogP contribution < -0.4 is 5.32 Å². The van der Waals surface area contributed by atoms with Gasteiger partial charge in [0.15, 0.2) is 5.79 Å². The van der Waals surface area contributed by atoms with Crippen molar-refractivity contribution < 1.29 is 24.2 Å². The lowest BCUT2D eigenvalue weighted by molar-refractivity contribution is -0.283. The van der Waals surface area contributed by atoms with E-state index in [1.54, 1.807) is 0 Å². The molecule has 160 valence electrons. The first-order chi connectivity index (χ1) is 13.8. The molecule has 7 heteroatoms. The number of amides is 1. The van der Waals surface area contributed by atoms with Crippen LogP contribution in [0, 0.1) is 5.92 Å². The molecular weight excluding hydrogens is 390 g/mol. The molecule has 0 spiro atoms. The average molecular weight is 422 g/mol. The van der Waals surface area contributed by atoms with Crippen LogP contribution in [-0.4, -0.2) is 46.1 Å². The van der Waals surface area contributed by atoms with Crippen molar-refractivity contribution in [2.45, 2.75) is 76.4 Å². The minimum Gasteiger partial charge on any atom is -0.459 e. The van der Waals surface area contributed by atoms with Gasteiger partial charge in [-0.1, -0.05) is 48.6 Å². The number of rotatable bonds is 1. The number of carbonyl (C=O) groups excluding carboxylic acids is 2. The highest BCUT2D eigenvalue weighted by Crippen LogP contribution is 2.36. The Balaban J connectivity index is 1.78. The molecule has 0 radical (unpaired) electrons. The Morgan fingerprint density at radius 2 is 2.07 bits per heavy atom. The number of hydrogen-bond donors (Lipinski definition) is 2. The lowest BCUT2D eigenvalue weighted by Gasteiger charge is -2.43. The van der Waals surface area contributed by atoms with Crippen molar-refractivity contribution in [3.8, 4) is 0 Å². The van der Waals surface area contributed by atoms with Crippen molar-refractivity contribution in [3.63, 3.8) is 0 Å². The Bertz CT molecular complexity index is 703. The number of thioether (sulfide) groups is 1. The Morgan fingerprint density at radius 3 is 2.83 bits per heavy atom. The fraction of sp³-hybridized carbons (Fsp3) is 0.636. The van der Waals surface area contributed by atoms with Crippen molar-refractivity contribution in [2.75, 3.05) is 5.75 Å². The van der Waals surface area contributed by atoms with Crippen molar-refractivity contribution in [3.05, 3.63) is 36.0 Å². The number of hydrogen-bond acceptors (Lipinski definition) is 6. The number of esters is 1. The molecule has 0 aromatic carbocycles. The Morgan fingerprint density at radius 1 is 1.24 bits per heavy atom. The van der Waals surface area contributed by atoms with Crippen LogP contribution in [0.5, 0.6) is 0 Å². The van der Waals surface area contributed by atoms with Gasteiger partial charge in [-0.05, 0) is 38.5 Å². The molecule has 0 saturated carbocycles. The van der Waals surface area contributed by atoms with Crippen molar-refractivity contribution in [1.29, 1.82) is 0 Å². The monoisotopic (exact) mass is 421 g/mol. The van der Waals surface area contributed by atoms with Crippen LogP contribution in [0.2, 0.25) is 0 Å². The number of aliphatic hydroxyl groups is 1. The summed E-state index contributed by atoms with van der Waals surface area (Å²) in [4.78, 5) is 24.0. The van der Waals surface area contributed by atoms with Gasteiger partial charge in [0.05, 0.1) is 12.1 Å². The highest BCUT2D eigenvalue weighted by atomic mass is 32.2. The van der Waals surface area contributed by atoms with Gasteiger partial charge in [0.1, 0.15) is 6.10 Å². The molecule has 0 unspecified atom stereocenters. The van der Waals surface area contributed by atoms with E-state index in [9.17, 15) is 14.7 Å². The normalized spacial score (nSPS) is 41.0. The van der Waals surface area contributed by atoms with Crippen LogP contribution in [-0.2, 0) is 14.3 Å². The van der Waals surface area contributed by atoms with Gasteiger partial charge in [0, 0.05) is 24.7 Å². The molecule has 2 saturated heterocycles. The largest absolute Gasteiger partial charge is 0.459 e. The third kappa shape index (κ3) is 6.46. The topological polar surface area (TPSA) is 84.9 Å². The van der Waals surface area contributed by atoms with Gasteiger partial charge in [0.2, 0.25) is 0 Å². The summed E-state index contributed by atoms with van der Waals surface area (Å²) in [6, 6.07) is -0.505. The number of nitrogens with one attached hydrogen (secondary N) is 1. The first kappa shape index (κ1) is 22.1. The molecule has 2 N–H and O–H groups in total. The molecule has 2 fully saturated rings. The van der Waals surface area contributed by atoms with Gasteiger partial charge in [-0.25, -0.2) is 4.79 Å². The van der Waals surface area contributed by atoms with Gasteiger partial charge in [-0.3, -0.25) is 4.79 Å². The fourth-order valence-corrected chi connectivity index (χ4v) is 4.85. The second kappa shape index (κ2) is 9.96. The zero-order chi connectivity index (χ0) is 20.9. The van der Waals surface area contributed by atoms with Crippen LogP contribution in [0.15, 0.2) is 36.0 Å². The lowest BCUT2D eigenvalue weighted by atomic mass is 9.90. The second-order valence-corrected chi connectivity index (χ2v) is 9.27. The summed E-state index contributed by atoms with van der Waals surface area (Å²) in [7, 11) is 0. The highest BCUT2D eigenvalue weighted by Gasteiger charge is 2.49. The van der Waals surface area contributed by atoms with E-state index >= 15 is 0 Å². The number of allylic oxidation sites excluding steroid dienone is 5. The van der Waals surface area contributed by atoms with E-state index in [0.717, 1.165) is 43.0 Å². The van der Waals surface area contributed by atoms with E-state index in [1.165, 1.54) is 6.08 Å². The van der Waals surface area contributed by atoms with E-state index in [1.807, 2.05) is 13.0 Å². The molecule has 2 bridgehead atoms. The van der Waals surface area contributed by atoms with Crippen LogP contribution >= 0.6 is 11.8 Å². The SMILES string of the molecule is C/C1=C/C(=O)O[C@H]2C[C@@H](CC[C@H](C)/C=C\C=C\CC1)O[C@](O)([C@@H]1CSC(=O)N1)C2. The van der Waals surface area contributed by atoms with E-state index in [2.05, 4.69) is 30.5 Å². The Kier molecular flexibility index (Phi) is 7.60. The molecule has 3 aliphatic heterocycles. The molecule has 3 heterocycles. The molecule has 0 aliphatic carbocycles. The number of fused-ring (bicyclic) bond motifs is 2. The Labute approximate surface area is 176 Å². The summed E-state index contributed by atoms with van der Waals surface area (Å²) in [5.74, 6) is -1.10. The number of ether oxygens (including phenoxy) is 2. The summed E-state index contributed by atoms with van der Waals surface area (Å²) in [6.45, 7) is 4.07. The van der Waals surface area contributed by atoms with Gasteiger partial charge in [0.25, 0.3) is 5.24 Å². The summed E-state index contributed by atoms with van der Waals surface area (Å²) >= 11 is 1.14. The first-order valence-electron chi connectivity index (χ1n) is 10.4. The van der Waals surface area contributed by atoms with Gasteiger partial charge in [-0.2, -0.15) is 0 Å². The molecule has 0 aromatic rings. The van der Waals surface area contributed by atoms with Gasteiger partial charge < -0.3 is 19.9 Å². The fourth-order valence-electron chi connectivity index (χ4n) is 3.96. The summed E-state index contributed by atoms with van der Waals surface area (Å²) in [6.07, 6.45) is 13.2. The maximum Gasteiger partial charge on any atom is 0.330 e. The maximum absolute atomic E-state index is 12.4. The summed E-state index contributed by atoms with van der Waals surface area (Å²) in [5, 5.41) is 13.8. The van der Waals surface area contributed by atoms with E-state index < -0.39 is 17.9 Å². The quantitative estimate of drug-likeness (QED) is 0.626. The van der Waals surface area contributed by atoms with Crippen molar-refractivity contribution >= 4 is 23.0 Å². The van der Waals surface area contributed by atoms with E-state index in [4.69, 9.17) is 9.47 Å². The van der Waals surface area contributed by atoms with E-state index in [-0.39, 0.29) is 23.7 Å². The molecule has 3 rings (SSSR count). The standard InChI is InChI=1S/C22H31NO5S/c1-15-7-5-3-4-6-8-16(2)11-20(24)27-18-12-17(10-9-15)28-22(26,13-18)19-14-29-21(25)23-19/h3-5,7,11,15,17-19,26H,6,8-10,12-14H2,1-2H3,(H,23,25)/b4-3+,7-5-,16-11-/t15-,17-,18+,19+,22+/m1/s1. The molecule has 6 nitrogen and oxygen atoms in total. The van der Waals surface area contributed by atoms with Crippen LogP contribution in [0.25, 0.3) is 0 Å². The Hall–Kier alpha value is -1.57. The molecule has 0 aromatic heterocycles. The third-order valence-corrected chi connectivity index (χ3v) is 6.50. The van der Waals surface area contributed by atoms with Crippen LogP contribution in [0.3, 0.4) is 0 Å². The van der Waals surface area contributed by atoms with Crippen LogP contribution in [0.1, 0.15) is 52.4 Å². The van der Waals surface area contributed by atoms with Crippen LogP contribution in [0.4, 0.5) is 4.79 Å². The third-order valence-electron chi connectivity index (χ3n) is 5.62. The van der Waals surface area contributed by atoms with Crippen molar-refractivity contribution in [1.82, 2.24) is 5.32 Å². The van der Waals surface area contributed by atoms with Crippen molar-refractivity contribution in [2.24, 2.45) is 5.92 Å². The smallest absolute Gasteiger partial charge is 0.330 e. The molecular formula is C22H31NO5S. The minimum atomic E-state index is -1.53. The lowest BCUT2D eigenvalue weighted by Crippen LogP contribution is -2.58. The zero-order valence-corrected chi connectivity index (χ0v) is 18.0. The predicted octanol–water partition coefficient (Wildman–Crippen LogP) is 3.86. The number of carbonyl (C=O) groups is 2. The predicted molar refractivity (Wildman–Crippen MR) is 113 cm³/mol. The first-order valence-corrected chi connectivity index (χ1v) is 11.4. The highest BCUT2D eigenvalue weighted by molar-refractivity contribution is 8.14. The maximum atomic E-state index is 12.4. The molecule has 5 atom stereocenters. The van der Waals surface area contributed by atoms with Gasteiger partial charge in [-0.15, -0.1) is 0 Å².